The van der Waals surface area contributed by atoms with Crippen LogP contribution in [0.25, 0.3) is 0 Å². The van der Waals surface area contributed by atoms with Gasteiger partial charge in [-0.1, -0.05) is 6.08 Å². The van der Waals surface area contributed by atoms with Gasteiger partial charge in [-0.05, 0) is 69.9 Å². The molecule has 1 aliphatic carbocycles. The van der Waals surface area contributed by atoms with Crippen molar-refractivity contribution in [3.8, 4) is 5.75 Å². The molecule has 0 heterocycles. The molecule has 0 aliphatic heterocycles. The van der Waals surface area contributed by atoms with Gasteiger partial charge in [0.05, 0.1) is 6.10 Å². The number of methoxy groups -OCH3 is 1. The first kappa shape index (κ1) is 15.8. The van der Waals surface area contributed by atoms with E-state index in [1.54, 1.807) is 7.11 Å². The number of carbonyl (C=O) groups excluding carboxylic acids is 1. The predicted octanol–water partition coefficient (Wildman–Crippen LogP) is 4.17. The summed E-state index contributed by atoms with van der Waals surface area (Å²) >= 11 is 0. The Balaban J connectivity index is 2.05. The molecule has 114 valence electrons. The van der Waals surface area contributed by atoms with Gasteiger partial charge in [0, 0.05) is 12.7 Å². The van der Waals surface area contributed by atoms with Crippen LogP contribution in [0.5, 0.6) is 5.75 Å². The third-order valence-corrected chi connectivity index (χ3v) is 3.53. The summed E-state index contributed by atoms with van der Waals surface area (Å²) in [5, 5.41) is 0. The molecule has 21 heavy (non-hydrogen) atoms. The molecule has 0 saturated heterocycles. The zero-order chi connectivity index (χ0) is 15.5. The van der Waals surface area contributed by atoms with Gasteiger partial charge in [0.1, 0.15) is 11.4 Å². The molecule has 1 atom stereocenters. The van der Waals surface area contributed by atoms with Crippen molar-refractivity contribution in [3.05, 3.63) is 41.5 Å². The van der Waals surface area contributed by atoms with E-state index >= 15 is 0 Å². The fraction of sp³-hybridized carbons (Fsp3) is 0.500. The fourth-order valence-corrected chi connectivity index (χ4v) is 2.44. The first-order valence-corrected chi connectivity index (χ1v) is 7.44. The molecule has 3 heteroatoms. The zero-order valence-electron chi connectivity index (χ0n) is 13.3. The van der Waals surface area contributed by atoms with Crippen molar-refractivity contribution in [3.63, 3.8) is 0 Å². The van der Waals surface area contributed by atoms with E-state index in [1.165, 1.54) is 0 Å². The van der Waals surface area contributed by atoms with Crippen LogP contribution in [0.4, 0.5) is 0 Å². The van der Waals surface area contributed by atoms with Gasteiger partial charge in [-0.2, -0.15) is 0 Å². The van der Waals surface area contributed by atoms with E-state index in [-0.39, 0.29) is 17.5 Å². The lowest BCUT2D eigenvalue weighted by atomic mass is 9.91. The van der Waals surface area contributed by atoms with Crippen molar-refractivity contribution in [1.29, 1.82) is 0 Å². The number of ketones is 1. The Labute approximate surface area is 127 Å². The second-order valence-corrected chi connectivity index (χ2v) is 6.43. The second-order valence-electron chi connectivity index (χ2n) is 6.43. The van der Waals surface area contributed by atoms with E-state index in [2.05, 4.69) is 0 Å². The fourth-order valence-electron chi connectivity index (χ4n) is 2.44. The minimum atomic E-state index is -0.230. The Kier molecular flexibility index (Phi) is 4.84. The van der Waals surface area contributed by atoms with E-state index in [0.29, 0.717) is 0 Å². The Morgan fingerprint density at radius 2 is 1.86 bits per heavy atom. The van der Waals surface area contributed by atoms with Gasteiger partial charge in [-0.25, -0.2) is 0 Å². The molecule has 0 spiro atoms. The van der Waals surface area contributed by atoms with Crippen LogP contribution in [-0.2, 0) is 4.74 Å². The van der Waals surface area contributed by atoms with Gasteiger partial charge in [-0.15, -0.1) is 0 Å². The van der Waals surface area contributed by atoms with E-state index in [4.69, 9.17) is 9.47 Å². The van der Waals surface area contributed by atoms with Gasteiger partial charge >= 0.3 is 0 Å². The number of Topliss-reactive ketones (excluding diaryl/α,β-unsaturated/α-hetero) is 1. The Morgan fingerprint density at radius 1 is 1.19 bits per heavy atom. The largest absolute Gasteiger partial charge is 0.488 e. The quantitative estimate of drug-likeness (QED) is 0.780. The summed E-state index contributed by atoms with van der Waals surface area (Å²) in [5.41, 5.74) is 1.39. The highest BCUT2D eigenvalue weighted by molar-refractivity contribution is 6.08. The summed E-state index contributed by atoms with van der Waals surface area (Å²) in [6.07, 6.45) is 4.79. The van der Waals surface area contributed by atoms with E-state index in [1.807, 2.05) is 51.1 Å². The third kappa shape index (κ3) is 4.43. The average molecular weight is 288 g/mol. The summed E-state index contributed by atoms with van der Waals surface area (Å²) in [6.45, 7) is 6.02. The van der Waals surface area contributed by atoms with Gasteiger partial charge < -0.3 is 9.47 Å². The highest BCUT2D eigenvalue weighted by Gasteiger charge is 2.19. The molecule has 0 amide bonds. The highest BCUT2D eigenvalue weighted by atomic mass is 16.5. The van der Waals surface area contributed by atoms with E-state index in [0.717, 1.165) is 36.1 Å². The third-order valence-electron chi connectivity index (χ3n) is 3.53. The van der Waals surface area contributed by atoms with Gasteiger partial charge in [-0.3, -0.25) is 4.79 Å². The van der Waals surface area contributed by atoms with Crippen molar-refractivity contribution >= 4 is 5.78 Å². The lowest BCUT2D eigenvalue weighted by molar-refractivity contribution is 0.0896. The number of carbonyl (C=O) groups is 1. The van der Waals surface area contributed by atoms with Crippen molar-refractivity contribution in [1.82, 2.24) is 0 Å². The van der Waals surface area contributed by atoms with Crippen LogP contribution in [0.2, 0.25) is 0 Å². The molecule has 1 unspecified atom stereocenters. The molecule has 2 rings (SSSR count). The maximum atomic E-state index is 12.4. The number of allylic oxidation sites excluding steroid dienone is 1. The van der Waals surface area contributed by atoms with Crippen LogP contribution in [0.1, 0.15) is 50.4 Å². The van der Waals surface area contributed by atoms with Crippen LogP contribution < -0.4 is 4.74 Å². The number of hydrogen-bond donors (Lipinski definition) is 0. The topological polar surface area (TPSA) is 35.5 Å². The standard InChI is InChI=1S/C18H24O3/c1-18(2,3)21-16-11-7-14(8-12-16)17(19)13-5-9-15(20-4)10-6-13/h5,7-8,11-12,15H,6,9-10H2,1-4H3. The summed E-state index contributed by atoms with van der Waals surface area (Å²) in [6, 6.07) is 7.40. The van der Waals surface area contributed by atoms with Crippen LogP contribution in [0, 0.1) is 0 Å². The molecule has 1 aliphatic rings. The predicted molar refractivity (Wildman–Crippen MR) is 83.9 cm³/mol. The molecule has 1 aromatic rings. The van der Waals surface area contributed by atoms with E-state index in [9.17, 15) is 4.79 Å². The highest BCUT2D eigenvalue weighted by Crippen LogP contribution is 2.25. The van der Waals surface area contributed by atoms with Crippen molar-refractivity contribution in [2.75, 3.05) is 7.11 Å². The monoisotopic (exact) mass is 288 g/mol. The van der Waals surface area contributed by atoms with Crippen LogP contribution in [-0.4, -0.2) is 24.6 Å². The molecule has 0 saturated carbocycles. The van der Waals surface area contributed by atoms with Crippen molar-refractivity contribution in [2.24, 2.45) is 0 Å². The van der Waals surface area contributed by atoms with Gasteiger partial charge in [0.15, 0.2) is 5.78 Å². The van der Waals surface area contributed by atoms with E-state index < -0.39 is 0 Å². The van der Waals surface area contributed by atoms with Gasteiger partial charge in [0.25, 0.3) is 0 Å². The lowest BCUT2D eigenvalue weighted by Crippen LogP contribution is -2.23. The van der Waals surface area contributed by atoms with Crippen LogP contribution >= 0.6 is 0 Å². The zero-order valence-corrected chi connectivity index (χ0v) is 13.3. The molecule has 0 N–H and O–H groups in total. The number of benzene rings is 1. The minimum absolute atomic E-state index is 0.117. The smallest absolute Gasteiger partial charge is 0.188 e. The molecule has 3 nitrogen and oxygen atoms in total. The Hall–Kier alpha value is -1.61. The summed E-state index contributed by atoms with van der Waals surface area (Å²) in [4.78, 5) is 12.4. The molecule has 0 fully saturated rings. The maximum absolute atomic E-state index is 12.4. The SMILES string of the molecule is COC1CC=C(C(=O)c2ccc(OC(C)(C)C)cc2)CC1. The lowest BCUT2D eigenvalue weighted by Gasteiger charge is -2.22. The molecular weight excluding hydrogens is 264 g/mol. The van der Waals surface area contributed by atoms with Gasteiger partial charge in [0.2, 0.25) is 0 Å². The number of ether oxygens (including phenoxy) is 2. The first-order valence-electron chi connectivity index (χ1n) is 7.44. The average Bonchev–Trinajstić information content (AvgIpc) is 2.46. The first-order chi connectivity index (χ1) is 9.89. The normalized spacial score (nSPS) is 19.0. The van der Waals surface area contributed by atoms with Crippen LogP contribution in [0.3, 0.4) is 0 Å². The minimum Gasteiger partial charge on any atom is -0.488 e. The molecule has 0 aromatic heterocycles. The van der Waals surface area contributed by atoms with Crippen LogP contribution in [0.15, 0.2) is 35.9 Å². The second kappa shape index (κ2) is 6.44. The number of hydrogen-bond acceptors (Lipinski definition) is 3. The Bertz CT molecular complexity index is 520. The molecule has 1 aromatic carbocycles. The molecular formula is C18H24O3. The maximum Gasteiger partial charge on any atom is 0.188 e. The Morgan fingerprint density at radius 3 is 2.33 bits per heavy atom. The molecule has 0 bridgehead atoms. The van der Waals surface area contributed by atoms with Crippen molar-refractivity contribution < 1.29 is 14.3 Å². The number of rotatable bonds is 4. The molecule has 0 radical (unpaired) electrons. The summed E-state index contributed by atoms with van der Waals surface area (Å²) in [7, 11) is 1.72. The van der Waals surface area contributed by atoms with Crippen molar-refractivity contribution in [2.45, 2.75) is 51.7 Å². The summed E-state index contributed by atoms with van der Waals surface area (Å²) < 4.78 is 11.1. The summed E-state index contributed by atoms with van der Waals surface area (Å²) in [5.74, 6) is 0.906.